The van der Waals surface area contributed by atoms with Crippen molar-refractivity contribution in [3.63, 3.8) is 0 Å². The molecule has 26 heavy (non-hydrogen) atoms. The smallest absolute Gasteiger partial charge is 0.199 e. The number of rotatable bonds is 2. The van der Waals surface area contributed by atoms with Crippen LogP contribution in [0, 0.1) is 0 Å². The van der Waals surface area contributed by atoms with Crippen molar-refractivity contribution in [3.8, 4) is 11.1 Å². The van der Waals surface area contributed by atoms with Crippen molar-refractivity contribution in [2.24, 2.45) is 0 Å². The highest BCUT2D eigenvalue weighted by atomic mass is 15.3. The molecule has 0 spiro atoms. The summed E-state index contributed by atoms with van der Waals surface area (Å²) in [6.07, 6.45) is 8.00. The van der Waals surface area contributed by atoms with Crippen LogP contribution in [0.2, 0.25) is 0 Å². The number of benzene rings is 1. The fraction of sp³-hybridized carbons (Fsp3) is 0.278. The van der Waals surface area contributed by atoms with Gasteiger partial charge in [-0.05, 0) is 38.1 Å². The highest BCUT2D eigenvalue weighted by Gasteiger charge is 2.18. The zero-order valence-corrected chi connectivity index (χ0v) is 14.2. The van der Waals surface area contributed by atoms with Crippen LogP contribution in [0.3, 0.4) is 0 Å². The molecular formula is C18H20N8. The van der Waals surface area contributed by atoms with Gasteiger partial charge < -0.3 is 21.8 Å². The van der Waals surface area contributed by atoms with Crippen molar-refractivity contribution in [1.82, 2.24) is 30.0 Å². The molecule has 132 valence electrons. The molecule has 0 atom stereocenters. The summed E-state index contributed by atoms with van der Waals surface area (Å²) >= 11 is 0. The van der Waals surface area contributed by atoms with E-state index in [-0.39, 0.29) is 0 Å². The second kappa shape index (κ2) is 5.70. The Hall–Kier alpha value is -3.13. The maximum Gasteiger partial charge on any atom is 0.199 e. The number of nitrogens with two attached hydrogens (primary N) is 2. The van der Waals surface area contributed by atoms with Gasteiger partial charge in [0, 0.05) is 34.3 Å². The predicted molar refractivity (Wildman–Crippen MR) is 103 cm³/mol. The first-order chi connectivity index (χ1) is 12.7. The van der Waals surface area contributed by atoms with Crippen LogP contribution in [0.1, 0.15) is 18.9 Å². The Morgan fingerprint density at radius 2 is 2.04 bits per heavy atom. The van der Waals surface area contributed by atoms with E-state index in [0.29, 0.717) is 17.8 Å². The molecule has 0 radical (unpaired) electrons. The highest BCUT2D eigenvalue weighted by Crippen LogP contribution is 2.36. The number of nitrogen functional groups attached to an aromatic ring is 2. The molecule has 5 rings (SSSR count). The molecule has 1 saturated heterocycles. The minimum atomic E-state index is 0.296. The lowest BCUT2D eigenvalue weighted by molar-refractivity contribution is 0.343. The SMILES string of the molecule is Nc1nc(N)c2c(cc(-c3cnn(C4CCNCC4)c3)c3nccc32)[nH]1. The van der Waals surface area contributed by atoms with Gasteiger partial charge >= 0.3 is 0 Å². The van der Waals surface area contributed by atoms with Crippen molar-refractivity contribution in [2.75, 3.05) is 24.6 Å². The van der Waals surface area contributed by atoms with E-state index in [4.69, 9.17) is 11.5 Å². The fourth-order valence-electron chi connectivity index (χ4n) is 3.88. The largest absolute Gasteiger partial charge is 0.383 e. The minimum Gasteiger partial charge on any atom is -0.383 e. The van der Waals surface area contributed by atoms with Gasteiger partial charge in [-0.2, -0.15) is 10.1 Å². The molecule has 3 aromatic heterocycles. The standard InChI is InChI=1S/C18H20N8/c19-17-15-12-3-6-22-16(12)13(7-14(15)24-18(20)25-17)10-8-23-26(9-10)11-1-4-21-5-2-11/h3,6-9,11,21H,1-2,4-5,19H2,(H3,20,24,25). The molecule has 0 unspecified atom stereocenters. The second-order valence-electron chi connectivity index (χ2n) is 6.75. The molecule has 6 N–H and O–H groups in total. The Balaban J connectivity index is 1.69. The minimum absolute atomic E-state index is 0.296. The number of hydrogen-bond acceptors (Lipinski definition) is 6. The van der Waals surface area contributed by atoms with Gasteiger partial charge in [-0.25, -0.2) is 0 Å². The molecule has 1 aliphatic rings. The van der Waals surface area contributed by atoms with Crippen molar-refractivity contribution < 1.29 is 0 Å². The van der Waals surface area contributed by atoms with Gasteiger partial charge in [0.05, 0.1) is 23.3 Å². The maximum atomic E-state index is 6.11. The van der Waals surface area contributed by atoms with E-state index in [1.54, 1.807) is 6.20 Å². The van der Waals surface area contributed by atoms with E-state index >= 15 is 0 Å². The third-order valence-corrected chi connectivity index (χ3v) is 5.14. The molecule has 8 heteroatoms. The third kappa shape index (κ3) is 2.30. The predicted octanol–water partition coefficient (Wildman–Crippen LogP) is 2.06. The number of H-pyrrole nitrogens is 1. The first-order valence-corrected chi connectivity index (χ1v) is 8.78. The topological polar surface area (TPSA) is 123 Å². The molecular weight excluding hydrogens is 328 g/mol. The Morgan fingerprint density at radius 3 is 2.88 bits per heavy atom. The van der Waals surface area contributed by atoms with Gasteiger partial charge in [0.1, 0.15) is 5.82 Å². The third-order valence-electron chi connectivity index (χ3n) is 5.14. The maximum absolute atomic E-state index is 6.11. The van der Waals surface area contributed by atoms with Crippen LogP contribution in [0.5, 0.6) is 0 Å². The quantitative estimate of drug-likeness (QED) is 0.440. The van der Waals surface area contributed by atoms with Crippen LogP contribution in [0.15, 0.2) is 30.7 Å². The van der Waals surface area contributed by atoms with Crippen LogP contribution in [-0.2, 0) is 0 Å². The molecule has 0 amide bonds. The van der Waals surface area contributed by atoms with Crippen molar-refractivity contribution in [3.05, 3.63) is 30.7 Å². The van der Waals surface area contributed by atoms with E-state index < -0.39 is 0 Å². The molecule has 0 saturated carbocycles. The summed E-state index contributed by atoms with van der Waals surface area (Å²) in [5, 5.41) is 9.82. The zero-order valence-electron chi connectivity index (χ0n) is 14.2. The number of nitrogens with one attached hydrogen (secondary N) is 2. The molecule has 0 bridgehead atoms. The van der Waals surface area contributed by atoms with E-state index in [1.807, 2.05) is 18.3 Å². The average Bonchev–Trinajstić information content (AvgIpc) is 3.31. The fourth-order valence-corrected chi connectivity index (χ4v) is 3.88. The van der Waals surface area contributed by atoms with Crippen molar-refractivity contribution in [2.45, 2.75) is 18.9 Å². The summed E-state index contributed by atoms with van der Waals surface area (Å²) in [5.74, 6) is 0.705. The Morgan fingerprint density at radius 1 is 1.19 bits per heavy atom. The molecule has 1 fully saturated rings. The first-order valence-electron chi connectivity index (χ1n) is 8.78. The molecule has 4 heterocycles. The molecule has 8 nitrogen and oxygen atoms in total. The second-order valence-corrected chi connectivity index (χ2v) is 6.75. The molecule has 0 aliphatic carbocycles. The summed E-state index contributed by atoms with van der Waals surface area (Å²) in [5.41, 5.74) is 15.8. The van der Waals surface area contributed by atoms with Gasteiger partial charge in [-0.1, -0.05) is 0 Å². The van der Waals surface area contributed by atoms with E-state index in [2.05, 4.69) is 36.2 Å². The number of aromatic amines is 1. The lowest BCUT2D eigenvalue weighted by atomic mass is 10.0. The summed E-state index contributed by atoms with van der Waals surface area (Å²) in [7, 11) is 0. The van der Waals surface area contributed by atoms with Gasteiger partial charge in [0.2, 0.25) is 0 Å². The average molecular weight is 348 g/mol. The number of hydrogen-bond donors (Lipinski definition) is 4. The van der Waals surface area contributed by atoms with Crippen LogP contribution >= 0.6 is 0 Å². The highest BCUT2D eigenvalue weighted by molar-refractivity contribution is 6.15. The van der Waals surface area contributed by atoms with Crippen LogP contribution in [-0.4, -0.2) is 37.8 Å². The number of piperidine rings is 1. The summed E-state index contributed by atoms with van der Waals surface area (Å²) in [6.45, 7) is 2.07. The Bertz CT molecular complexity index is 1100. The van der Waals surface area contributed by atoms with Gasteiger partial charge in [0.25, 0.3) is 0 Å². The van der Waals surface area contributed by atoms with Crippen LogP contribution < -0.4 is 16.8 Å². The molecule has 1 aromatic carbocycles. The van der Waals surface area contributed by atoms with Crippen LogP contribution in [0.25, 0.3) is 32.9 Å². The summed E-state index contributed by atoms with van der Waals surface area (Å²) < 4.78 is 2.08. The zero-order chi connectivity index (χ0) is 17.7. The first kappa shape index (κ1) is 15.2. The Labute approximate surface area is 149 Å². The number of fused-ring (bicyclic) bond motifs is 3. The monoisotopic (exact) mass is 348 g/mol. The molecule has 4 aromatic rings. The molecule has 1 aliphatic heterocycles. The number of anilines is 2. The van der Waals surface area contributed by atoms with Gasteiger partial charge in [0.15, 0.2) is 5.95 Å². The van der Waals surface area contributed by atoms with E-state index in [9.17, 15) is 0 Å². The van der Waals surface area contributed by atoms with Gasteiger partial charge in [-0.15, -0.1) is 0 Å². The van der Waals surface area contributed by atoms with Crippen LogP contribution in [0.4, 0.5) is 11.8 Å². The van der Waals surface area contributed by atoms with E-state index in [0.717, 1.165) is 58.9 Å². The van der Waals surface area contributed by atoms with Crippen molar-refractivity contribution >= 4 is 33.6 Å². The van der Waals surface area contributed by atoms with E-state index in [1.165, 1.54) is 0 Å². The summed E-state index contributed by atoms with van der Waals surface area (Å²) in [4.78, 5) is 11.8. The van der Waals surface area contributed by atoms with Crippen molar-refractivity contribution in [1.29, 1.82) is 0 Å². The number of nitrogens with zero attached hydrogens (tertiary/aromatic N) is 4. The Kier molecular flexibility index (Phi) is 3.32. The van der Waals surface area contributed by atoms with Gasteiger partial charge in [-0.3, -0.25) is 9.67 Å². The summed E-state index contributed by atoms with van der Waals surface area (Å²) in [6, 6.07) is 4.43. The normalized spacial score (nSPS) is 15.8. The number of aromatic nitrogens is 5. The lowest BCUT2D eigenvalue weighted by Crippen LogP contribution is -2.29. The lowest BCUT2D eigenvalue weighted by Gasteiger charge is -2.22.